The molecule has 0 aliphatic rings. The fourth-order valence-corrected chi connectivity index (χ4v) is 3.78. The largest absolute Gasteiger partial charge is 0.468 e. The second-order valence-electron chi connectivity index (χ2n) is 4.74. The van der Waals surface area contributed by atoms with Crippen molar-refractivity contribution in [2.75, 3.05) is 7.11 Å². The molecular formula is C16H14N2O3S2. The number of benzene rings is 1. The lowest BCUT2D eigenvalue weighted by atomic mass is 10.1. The maximum Gasteiger partial charge on any atom is 0.323 e. The van der Waals surface area contributed by atoms with Crippen molar-refractivity contribution in [1.82, 2.24) is 10.2 Å². The third-order valence-corrected chi connectivity index (χ3v) is 5.27. The highest BCUT2D eigenvalue weighted by atomic mass is 32.2. The topological polar surface area (TPSA) is 65.2 Å². The Labute approximate surface area is 141 Å². The molecule has 0 N–H and O–H groups in total. The van der Waals surface area contributed by atoms with E-state index in [9.17, 15) is 4.79 Å². The summed E-state index contributed by atoms with van der Waals surface area (Å²) < 4.78 is 10.6. The van der Waals surface area contributed by atoms with Crippen molar-refractivity contribution in [3.63, 3.8) is 0 Å². The summed E-state index contributed by atoms with van der Waals surface area (Å²) in [6, 6.07) is 11.4. The molecule has 0 saturated carbocycles. The molecule has 118 valence electrons. The minimum absolute atomic E-state index is 0.340. The van der Waals surface area contributed by atoms with E-state index >= 15 is 0 Å². The molecule has 5 nitrogen and oxygen atoms in total. The van der Waals surface area contributed by atoms with Gasteiger partial charge in [-0.1, -0.05) is 30.3 Å². The van der Waals surface area contributed by atoms with E-state index in [2.05, 4.69) is 10.2 Å². The molecule has 3 rings (SSSR count). The standard InChI is InChI=1S/C16H14N2O3S2/c1-10-8-9-22-12(10)14-17-18-16(21-14)23-13(15(19)20-2)11-6-4-3-5-7-11/h3-9,13H,1-2H3/t13-/m1/s1. The van der Waals surface area contributed by atoms with Gasteiger partial charge in [0.1, 0.15) is 5.25 Å². The Kier molecular flexibility index (Phi) is 4.78. The number of hydrogen-bond acceptors (Lipinski definition) is 7. The van der Waals surface area contributed by atoms with Gasteiger partial charge in [0, 0.05) is 0 Å². The van der Waals surface area contributed by atoms with Crippen LogP contribution in [0.15, 0.2) is 51.4 Å². The van der Waals surface area contributed by atoms with Gasteiger partial charge >= 0.3 is 5.97 Å². The van der Waals surface area contributed by atoms with E-state index in [1.165, 1.54) is 18.9 Å². The maximum atomic E-state index is 12.1. The molecule has 0 bridgehead atoms. The highest BCUT2D eigenvalue weighted by Crippen LogP contribution is 2.37. The Morgan fingerprint density at radius 2 is 2.04 bits per heavy atom. The summed E-state index contributed by atoms with van der Waals surface area (Å²) in [4.78, 5) is 13.0. The van der Waals surface area contributed by atoms with Gasteiger partial charge in [-0.05, 0) is 41.3 Å². The third-order valence-electron chi connectivity index (χ3n) is 3.20. The average Bonchev–Trinajstić information content (AvgIpc) is 3.21. The van der Waals surface area contributed by atoms with Gasteiger partial charge in [0.25, 0.3) is 11.1 Å². The molecule has 2 heterocycles. The number of hydrogen-bond donors (Lipinski definition) is 0. The molecule has 1 atom stereocenters. The van der Waals surface area contributed by atoms with E-state index in [1.807, 2.05) is 48.7 Å². The first-order valence-electron chi connectivity index (χ1n) is 6.86. The fraction of sp³-hybridized carbons (Fsp3) is 0.188. The van der Waals surface area contributed by atoms with Gasteiger partial charge in [0.2, 0.25) is 0 Å². The predicted molar refractivity (Wildman–Crippen MR) is 89.4 cm³/mol. The zero-order valence-corrected chi connectivity index (χ0v) is 14.2. The SMILES string of the molecule is COC(=O)[C@H](Sc1nnc(-c2sccc2C)o1)c1ccccc1. The molecule has 7 heteroatoms. The van der Waals surface area contributed by atoms with Crippen LogP contribution in [0.3, 0.4) is 0 Å². The Morgan fingerprint density at radius 1 is 1.26 bits per heavy atom. The van der Waals surface area contributed by atoms with Crippen LogP contribution in [0, 0.1) is 6.92 Å². The molecule has 0 unspecified atom stereocenters. The number of esters is 1. The summed E-state index contributed by atoms with van der Waals surface area (Å²) in [5, 5.41) is 9.88. The fourth-order valence-electron chi connectivity index (χ4n) is 2.03. The quantitative estimate of drug-likeness (QED) is 0.511. The molecule has 0 amide bonds. The maximum absolute atomic E-state index is 12.1. The zero-order valence-electron chi connectivity index (χ0n) is 12.6. The van der Waals surface area contributed by atoms with Crippen molar-refractivity contribution in [3.8, 4) is 10.8 Å². The van der Waals surface area contributed by atoms with Crippen LogP contribution in [0.4, 0.5) is 0 Å². The number of nitrogens with zero attached hydrogens (tertiary/aromatic N) is 2. The van der Waals surface area contributed by atoms with Crippen molar-refractivity contribution >= 4 is 29.1 Å². The lowest BCUT2D eigenvalue weighted by Gasteiger charge is -2.11. The van der Waals surface area contributed by atoms with Crippen LogP contribution < -0.4 is 0 Å². The summed E-state index contributed by atoms with van der Waals surface area (Å²) in [5.74, 6) is 0.116. The number of thioether (sulfide) groups is 1. The number of thiophene rings is 1. The van der Waals surface area contributed by atoms with Crippen LogP contribution in [0.25, 0.3) is 10.8 Å². The molecule has 1 aromatic carbocycles. The van der Waals surface area contributed by atoms with E-state index in [-0.39, 0.29) is 5.97 Å². The highest BCUT2D eigenvalue weighted by Gasteiger charge is 2.26. The summed E-state index contributed by atoms with van der Waals surface area (Å²) in [6.07, 6.45) is 0. The van der Waals surface area contributed by atoms with Crippen molar-refractivity contribution in [3.05, 3.63) is 52.9 Å². The van der Waals surface area contributed by atoms with Crippen molar-refractivity contribution < 1.29 is 13.9 Å². The first kappa shape index (κ1) is 15.8. The lowest BCUT2D eigenvalue weighted by Crippen LogP contribution is -2.11. The monoisotopic (exact) mass is 346 g/mol. The van der Waals surface area contributed by atoms with E-state index in [1.54, 1.807) is 11.3 Å². The first-order valence-corrected chi connectivity index (χ1v) is 8.62. The number of methoxy groups -OCH3 is 1. The van der Waals surface area contributed by atoms with Crippen molar-refractivity contribution in [2.24, 2.45) is 0 Å². The Bertz CT molecular complexity index is 799. The van der Waals surface area contributed by atoms with Gasteiger partial charge < -0.3 is 9.15 Å². The molecular weight excluding hydrogens is 332 g/mol. The zero-order chi connectivity index (χ0) is 16.2. The number of aromatic nitrogens is 2. The molecule has 0 radical (unpaired) electrons. The van der Waals surface area contributed by atoms with Gasteiger partial charge in [0.15, 0.2) is 0 Å². The molecule has 0 fully saturated rings. The van der Waals surface area contributed by atoms with Gasteiger partial charge in [-0.3, -0.25) is 4.79 Å². The smallest absolute Gasteiger partial charge is 0.323 e. The van der Waals surface area contributed by atoms with Crippen LogP contribution in [-0.4, -0.2) is 23.3 Å². The molecule has 23 heavy (non-hydrogen) atoms. The van der Waals surface area contributed by atoms with E-state index in [0.29, 0.717) is 11.1 Å². The van der Waals surface area contributed by atoms with Crippen LogP contribution in [-0.2, 0) is 9.53 Å². The molecule has 2 aromatic heterocycles. The van der Waals surface area contributed by atoms with Crippen molar-refractivity contribution in [1.29, 1.82) is 0 Å². The van der Waals surface area contributed by atoms with Gasteiger partial charge in [-0.2, -0.15) is 0 Å². The summed E-state index contributed by atoms with van der Waals surface area (Å²) in [7, 11) is 1.37. The van der Waals surface area contributed by atoms with Gasteiger partial charge in [-0.15, -0.1) is 21.5 Å². The summed E-state index contributed by atoms with van der Waals surface area (Å²) >= 11 is 2.73. The van der Waals surface area contributed by atoms with E-state index in [4.69, 9.17) is 9.15 Å². The van der Waals surface area contributed by atoms with Gasteiger partial charge in [0.05, 0.1) is 12.0 Å². The first-order chi connectivity index (χ1) is 11.2. The second-order valence-corrected chi connectivity index (χ2v) is 6.71. The highest BCUT2D eigenvalue weighted by molar-refractivity contribution is 8.00. The molecule has 0 aliphatic heterocycles. The van der Waals surface area contributed by atoms with E-state index < -0.39 is 5.25 Å². The number of carbonyl (C=O) groups is 1. The van der Waals surface area contributed by atoms with Crippen LogP contribution in [0.2, 0.25) is 0 Å². The lowest BCUT2D eigenvalue weighted by molar-refractivity contribution is -0.140. The molecule has 3 aromatic rings. The average molecular weight is 346 g/mol. The number of ether oxygens (including phenoxy) is 1. The van der Waals surface area contributed by atoms with Crippen molar-refractivity contribution in [2.45, 2.75) is 17.4 Å². The number of rotatable bonds is 5. The summed E-state index contributed by atoms with van der Waals surface area (Å²) in [6.45, 7) is 1.99. The van der Waals surface area contributed by atoms with Gasteiger partial charge in [-0.25, -0.2) is 0 Å². The van der Waals surface area contributed by atoms with Crippen LogP contribution >= 0.6 is 23.1 Å². The molecule has 0 saturated heterocycles. The Morgan fingerprint density at radius 3 is 2.70 bits per heavy atom. The predicted octanol–water partition coefficient (Wildman–Crippen LogP) is 4.11. The Hall–Kier alpha value is -2.12. The van der Waals surface area contributed by atoms with E-state index in [0.717, 1.165) is 16.0 Å². The molecule has 0 spiro atoms. The molecule has 0 aliphatic carbocycles. The Balaban J connectivity index is 1.85. The number of aryl methyl sites for hydroxylation is 1. The minimum atomic E-state index is -0.543. The summed E-state index contributed by atoms with van der Waals surface area (Å²) in [5.41, 5.74) is 1.92. The minimum Gasteiger partial charge on any atom is -0.468 e. The normalized spacial score (nSPS) is 12.1. The second kappa shape index (κ2) is 6.97. The van der Waals surface area contributed by atoms with Crippen LogP contribution in [0.5, 0.6) is 0 Å². The van der Waals surface area contributed by atoms with Crippen LogP contribution in [0.1, 0.15) is 16.4 Å². The third kappa shape index (κ3) is 3.46. The number of carbonyl (C=O) groups excluding carboxylic acids is 1.